The number of rotatable bonds is 3. The molecule has 1 N–H and O–H groups in total. The number of hydrogen-bond donors (Lipinski definition) is 1. The zero-order valence-corrected chi connectivity index (χ0v) is 7.88. The maximum absolute atomic E-state index is 13.3. The van der Waals surface area contributed by atoms with E-state index in [1.54, 1.807) is 0 Å². The highest BCUT2D eigenvalue weighted by atomic mass is 19.1. The predicted molar refractivity (Wildman–Crippen MR) is 51.7 cm³/mol. The molecule has 0 aliphatic heterocycles. The van der Waals surface area contributed by atoms with Crippen LogP contribution in [0.1, 0.15) is 0 Å². The Bertz CT molecular complexity index is 513. The lowest BCUT2D eigenvalue weighted by Crippen LogP contribution is -1.91. The number of H-pyrrole nitrogens is 1. The van der Waals surface area contributed by atoms with E-state index < -0.39 is 10.7 Å². The summed E-state index contributed by atoms with van der Waals surface area (Å²) in [5.41, 5.74) is -0.322. The monoisotopic (exact) mass is 223 g/mol. The highest BCUT2D eigenvalue weighted by Crippen LogP contribution is 2.26. The Hall–Kier alpha value is -2.44. The third-order valence-corrected chi connectivity index (χ3v) is 1.83. The third-order valence-electron chi connectivity index (χ3n) is 1.83. The molecule has 1 heterocycles. The summed E-state index contributed by atoms with van der Waals surface area (Å²) in [6, 6.07) is 3.16. The summed E-state index contributed by atoms with van der Waals surface area (Å²) in [7, 11) is 0. The number of aromatic nitrogens is 2. The molecule has 0 amide bonds. The Morgan fingerprint density at radius 2 is 2.31 bits per heavy atom. The van der Waals surface area contributed by atoms with Gasteiger partial charge in [0, 0.05) is 6.07 Å². The van der Waals surface area contributed by atoms with Crippen LogP contribution in [0.15, 0.2) is 30.6 Å². The summed E-state index contributed by atoms with van der Waals surface area (Å²) in [5, 5.41) is 16.5. The van der Waals surface area contributed by atoms with E-state index in [4.69, 9.17) is 4.74 Å². The van der Waals surface area contributed by atoms with Crippen molar-refractivity contribution in [1.82, 2.24) is 10.2 Å². The van der Waals surface area contributed by atoms with Crippen LogP contribution in [0.2, 0.25) is 0 Å². The summed E-state index contributed by atoms with van der Waals surface area (Å²) >= 11 is 0. The molecule has 1 aromatic carbocycles. The summed E-state index contributed by atoms with van der Waals surface area (Å²) < 4.78 is 18.4. The second-order valence-corrected chi connectivity index (χ2v) is 2.91. The van der Waals surface area contributed by atoms with E-state index in [-0.39, 0.29) is 11.4 Å². The van der Waals surface area contributed by atoms with Crippen molar-refractivity contribution in [2.45, 2.75) is 0 Å². The number of non-ortho nitro benzene ring substituents is 1. The van der Waals surface area contributed by atoms with E-state index in [1.165, 1.54) is 24.5 Å². The molecule has 82 valence electrons. The van der Waals surface area contributed by atoms with Crippen LogP contribution in [0.4, 0.5) is 10.1 Å². The molecule has 0 saturated carbocycles. The molecular weight excluding hydrogens is 217 g/mol. The summed E-state index contributed by atoms with van der Waals surface area (Å²) in [6.45, 7) is 0. The Morgan fingerprint density at radius 1 is 1.50 bits per heavy atom. The van der Waals surface area contributed by atoms with Crippen LogP contribution in [0.3, 0.4) is 0 Å². The number of hydrogen-bond acceptors (Lipinski definition) is 4. The van der Waals surface area contributed by atoms with Gasteiger partial charge in [0.05, 0.1) is 23.4 Å². The van der Waals surface area contributed by atoms with Gasteiger partial charge in [0.2, 0.25) is 0 Å². The highest BCUT2D eigenvalue weighted by molar-refractivity contribution is 5.39. The highest BCUT2D eigenvalue weighted by Gasteiger charge is 2.12. The summed E-state index contributed by atoms with van der Waals surface area (Å²) in [6.07, 6.45) is 2.79. The van der Waals surface area contributed by atoms with Crippen molar-refractivity contribution >= 4 is 5.69 Å². The average molecular weight is 223 g/mol. The van der Waals surface area contributed by atoms with Crippen LogP contribution in [0.25, 0.3) is 0 Å². The fourth-order valence-corrected chi connectivity index (χ4v) is 1.11. The van der Waals surface area contributed by atoms with E-state index in [9.17, 15) is 14.5 Å². The molecule has 0 bridgehead atoms. The zero-order chi connectivity index (χ0) is 11.5. The largest absolute Gasteiger partial charge is 0.451 e. The van der Waals surface area contributed by atoms with Crippen molar-refractivity contribution in [1.29, 1.82) is 0 Å². The molecule has 2 rings (SSSR count). The third kappa shape index (κ3) is 1.97. The van der Waals surface area contributed by atoms with Gasteiger partial charge in [-0.15, -0.1) is 0 Å². The zero-order valence-electron chi connectivity index (χ0n) is 7.88. The molecule has 0 spiro atoms. The number of halogens is 1. The Labute approximate surface area is 88.8 Å². The standard InChI is InChI=1S/C9H6FN3O3/c10-8-3-6(13(14)15)1-2-9(8)16-7-4-11-12-5-7/h1-5H,(H,11,12). The van der Waals surface area contributed by atoms with Crippen molar-refractivity contribution in [2.24, 2.45) is 0 Å². The van der Waals surface area contributed by atoms with Crippen molar-refractivity contribution in [3.8, 4) is 11.5 Å². The van der Waals surface area contributed by atoms with Crippen LogP contribution < -0.4 is 4.74 Å². The van der Waals surface area contributed by atoms with Gasteiger partial charge in [0.25, 0.3) is 5.69 Å². The fourth-order valence-electron chi connectivity index (χ4n) is 1.11. The Balaban J connectivity index is 2.26. The van der Waals surface area contributed by atoms with E-state index in [0.29, 0.717) is 5.75 Å². The first-order chi connectivity index (χ1) is 7.66. The maximum Gasteiger partial charge on any atom is 0.272 e. The minimum atomic E-state index is -0.796. The molecule has 0 aliphatic rings. The number of nitrogens with one attached hydrogen (secondary N) is 1. The van der Waals surface area contributed by atoms with Gasteiger partial charge < -0.3 is 4.74 Å². The molecule has 6 nitrogen and oxygen atoms in total. The molecule has 0 fully saturated rings. The van der Waals surface area contributed by atoms with Gasteiger partial charge in [0.1, 0.15) is 0 Å². The lowest BCUT2D eigenvalue weighted by Gasteiger charge is -2.03. The van der Waals surface area contributed by atoms with Crippen LogP contribution in [0, 0.1) is 15.9 Å². The first-order valence-corrected chi connectivity index (χ1v) is 4.27. The topological polar surface area (TPSA) is 81.1 Å². The molecule has 7 heteroatoms. The summed E-state index contributed by atoms with van der Waals surface area (Å²) in [4.78, 5) is 9.69. The average Bonchev–Trinajstić information content (AvgIpc) is 2.73. The quantitative estimate of drug-likeness (QED) is 0.639. The van der Waals surface area contributed by atoms with Crippen LogP contribution in [-0.4, -0.2) is 15.1 Å². The summed E-state index contributed by atoms with van der Waals surface area (Å²) in [5.74, 6) is -0.560. The van der Waals surface area contributed by atoms with Crippen molar-refractivity contribution in [2.75, 3.05) is 0 Å². The smallest absolute Gasteiger partial charge is 0.272 e. The van der Waals surface area contributed by atoms with Gasteiger partial charge >= 0.3 is 0 Å². The molecule has 0 saturated heterocycles. The van der Waals surface area contributed by atoms with Crippen LogP contribution in [0.5, 0.6) is 11.5 Å². The molecule has 0 atom stereocenters. The lowest BCUT2D eigenvalue weighted by molar-refractivity contribution is -0.385. The van der Waals surface area contributed by atoms with Crippen molar-refractivity contribution in [3.63, 3.8) is 0 Å². The molecular formula is C9H6FN3O3. The number of benzene rings is 1. The van der Waals surface area contributed by atoms with Gasteiger partial charge in [-0.25, -0.2) is 4.39 Å². The van der Waals surface area contributed by atoms with Crippen molar-refractivity contribution in [3.05, 3.63) is 46.5 Å². The number of ether oxygens (including phenoxy) is 1. The second-order valence-electron chi connectivity index (χ2n) is 2.91. The minimum absolute atomic E-state index is 0.0907. The van der Waals surface area contributed by atoms with Crippen molar-refractivity contribution < 1.29 is 14.1 Å². The number of aromatic amines is 1. The first kappa shape index (κ1) is 10.1. The molecule has 0 unspecified atom stereocenters. The molecule has 0 aliphatic carbocycles. The Kier molecular flexibility index (Phi) is 2.50. The van der Waals surface area contributed by atoms with Gasteiger partial charge in [0.15, 0.2) is 17.3 Å². The molecule has 1 aromatic heterocycles. The SMILES string of the molecule is O=[N+]([O-])c1ccc(Oc2cn[nH]c2)c(F)c1. The molecule has 0 radical (unpaired) electrons. The minimum Gasteiger partial charge on any atom is -0.451 e. The first-order valence-electron chi connectivity index (χ1n) is 4.27. The van der Waals surface area contributed by atoms with E-state index in [2.05, 4.69) is 10.2 Å². The number of nitro groups is 1. The van der Waals surface area contributed by atoms with E-state index in [0.717, 1.165) is 6.07 Å². The van der Waals surface area contributed by atoms with Gasteiger partial charge in [-0.05, 0) is 6.07 Å². The van der Waals surface area contributed by atoms with E-state index >= 15 is 0 Å². The second kappa shape index (κ2) is 3.97. The lowest BCUT2D eigenvalue weighted by atomic mass is 10.3. The maximum atomic E-state index is 13.3. The predicted octanol–water partition coefficient (Wildman–Crippen LogP) is 2.25. The van der Waals surface area contributed by atoms with Crippen LogP contribution >= 0.6 is 0 Å². The molecule has 2 aromatic rings. The fraction of sp³-hybridized carbons (Fsp3) is 0. The Morgan fingerprint density at radius 3 is 2.88 bits per heavy atom. The molecule has 16 heavy (non-hydrogen) atoms. The van der Waals surface area contributed by atoms with E-state index in [1.807, 2.05) is 0 Å². The normalized spacial score (nSPS) is 10.1. The number of nitro benzene ring substituents is 1. The number of nitrogens with zero attached hydrogens (tertiary/aromatic N) is 2. The van der Waals surface area contributed by atoms with Gasteiger partial charge in [-0.2, -0.15) is 5.10 Å². The van der Waals surface area contributed by atoms with Crippen LogP contribution in [-0.2, 0) is 0 Å². The van der Waals surface area contributed by atoms with Gasteiger partial charge in [-0.1, -0.05) is 0 Å². The van der Waals surface area contributed by atoms with Gasteiger partial charge in [-0.3, -0.25) is 15.2 Å².